The van der Waals surface area contributed by atoms with Crippen molar-refractivity contribution in [2.75, 3.05) is 14.2 Å². The van der Waals surface area contributed by atoms with Crippen molar-refractivity contribution in [1.29, 1.82) is 0 Å². The third kappa shape index (κ3) is 4.29. The van der Waals surface area contributed by atoms with Gasteiger partial charge in [0.25, 0.3) is 0 Å². The lowest BCUT2D eigenvalue weighted by Gasteiger charge is -2.33. The standard InChI is InChI=1S/C22H24INO3/c1-15-8-4-5-9-17(15)19-10-6-7-11-24(19)22(25)13-16-12-20(26-2)21(27-3)14-18(16)23/h4-5,7-9,11-12,14,19H,6,10,13H2,1-3H3. The lowest BCUT2D eigenvalue weighted by molar-refractivity contribution is -0.130. The Balaban J connectivity index is 1.87. The van der Waals surface area contributed by atoms with Gasteiger partial charge in [0.2, 0.25) is 5.91 Å². The summed E-state index contributed by atoms with van der Waals surface area (Å²) in [5.41, 5.74) is 3.38. The molecule has 0 bridgehead atoms. The van der Waals surface area contributed by atoms with Crippen molar-refractivity contribution in [1.82, 2.24) is 4.90 Å². The van der Waals surface area contributed by atoms with Crippen LogP contribution in [-0.2, 0) is 11.2 Å². The third-order valence-electron chi connectivity index (χ3n) is 4.94. The van der Waals surface area contributed by atoms with E-state index in [4.69, 9.17) is 9.47 Å². The summed E-state index contributed by atoms with van der Waals surface area (Å²) in [4.78, 5) is 15.1. The van der Waals surface area contributed by atoms with Crippen molar-refractivity contribution in [2.45, 2.75) is 32.2 Å². The van der Waals surface area contributed by atoms with E-state index in [9.17, 15) is 4.79 Å². The minimum Gasteiger partial charge on any atom is -0.493 e. The molecule has 0 spiro atoms. The molecule has 1 unspecified atom stereocenters. The molecular weight excluding hydrogens is 453 g/mol. The maximum atomic E-state index is 13.2. The molecule has 5 heteroatoms. The van der Waals surface area contributed by atoms with Gasteiger partial charge in [-0.3, -0.25) is 4.79 Å². The van der Waals surface area contributed by atoms with Gasteiger partial charge in [-0.25, -0.2) is 0 Å². The molecule has 0 aliphatic carbocycles. The summed E-state index contributed by atoms with van der Waals surface area (Å²) in [6, 6.07) is 12.2. The lowest BCUT2D eigenvalue weighted by atomic mass is 9.94. The first-order valence-corrected chi connectivity index (χ1v) is 10.1. The number of amides is 1. The van der Waals surface area contributed by atoms with Crippen LogP contribution >= 0.6 is 22.6 Å². The minimum atomic E-state index is 0.0847. The molecular formula is C22H24INO3. The smallest absolute Gasteiger partial charge is 0.231 e. The molecule has 1 amide bonds. The van der Waals surface area contributed by atoms with E-state index in [-0.39, 0.29) is 11.9 Å². The van der Waals surface area contributed by atoms with Gasteiger partial charge in [-0.2, -0.15) is 0 Å². The first-order chi connectivity index (χ1) is 13.0. The van der Waals surface area contributed by atoms with E-state index in [2.05, 4.69) is 47.7 Å². The van der Waals surface area contributed by atoms with Crippen LogP contribution in [0.4, 0.5) is 0 Å². The Morgan fingerprint density at radius 1 is 1.19 bits per heavy atom. The SMILES string of the molecule is COc1cc(I)c(CC(=O)N2C=CCCC2c2ccccc2C)cc1OC. The van der Waals surface area contributed by atoms with Gasteiger partial charge in [0.1, 0.15) is 0 Å². The highest BCUT2D eigenvalue weighted by Crippen LogP contribution is 2.34. The highest BCUT2D eigenvalue weighted by atomic mass is 127. The zero-order valence-electron chi connectivity index (χ0n) is 15.9. The highest BCUT2D eigenvalue weighted by Gasteiger charge is 2.27. The number of aryl methyl sites for hydroxylation is 1. The largest absolute Gasteiger partial charge is 0.493 e. The molecule has 0 fully saturated rings. The van der Waals surface area contributed by atoms with Gasteiger partial charge in [-0.05, 0) is 71.2 Å². The normalized spacial score (nSPS) is 16.3. The van der Waals surface area contributed by atoms with Crippen LogP contribution in [0, 0.1) is 10.5 Å². The molecule has 0 saturated heterocycles. The molecule has 4 nitrogen and oxygen atoms in total. The van der Waals surface area contributed by atoms with Crippen molar-refractivity contribution in [3.8, 4) is 11.5 Å². The predicted molar refractivity (Wildman–Crippen MR) is 115 cm³/mol. The molecule has 0 N–H and O–H groups in total. The summed E-state index contributed by atoms with van der Waals surface area (Å²) in [5.74, 6) is 1.41. The van der Waals surface area contributed by atoms with Crippen molar-refractivity contribution < 1.29 is 14.3 Å². The second kappa shape index (κ2) is 8.78. The Labute approximate surface area is 174 Å². The summed E-state index contributed by atoms with van der Waals surface area (Å²) in [7, 11) is 3.22. The number of allylic oxidation sites excluding steroid dienone is 1. The van der Waals surface area contributed by atoms with Crippen LogP contribution in [0.2, 0.25) is 0 Å². The zero-order chi connectivity index (χ0) is 19.4. The molecule has 1 heterocycles. The Kier molecular flexibility index (Phi) is 6.42. The number of halogens is 1. The van der Waals surface area contributed by atoms with E-state index in [1.54, 1.807) is 14.2 Å². The fourth-order valence-corrected chi connectivity index (χ4v) is 4.12. The summed E-state index contributed by atoms with van der Waals surface area (Å²) in [5, 5.41) is 0. The summed E-state index contributed by atoms with van der Waals surface area (Å²) in [6.07, 6.45) is 6.26. The molecule has 0 aromatic heterocycles. The molecule has 0 radical (unpaired) electrons. The molecule has 1 aliphatic rings. The maximum Gasteiger partial charge on any atom is 0.231 e. The number of ether oxygens (including phenoxy) is 2. The molecule has 0 saturated carbocycles. The molecule has 142 valence electrons. The van der Waals surface area contributed by atoms with E-state index < -0.39 is 0 Å². The second-order valence-corrected chi connectivity index (χ2v) is 7.77. The topological polar surface area (TPSA) is 38.8 Å². The number of nitrogens with zero attached hydrogens (tertiary/aromatic N) is 1. The van der Waals surface area contributed by atoms with Crippen LogP contribution in [0.3, 0.4) is 0 Å². The molecule has 1 aliphatic heterocycles. The van der Waals surface area contributed by atoms with Crippen LogP contribution < -0.4 is 9.47 Å². The number of carbonyl (C=O) groups is 1. The van der Waals surface area contributed by atoms with Gasteiger partial charge >= 0.3 is 0 Å². The van der Waals surface area contributed by atoms with Crippen LogP contribution in [0.1, 0.15) is 35.6 Å². The number of hydrogen-bond acceptors (Lipinski definition) is 3. The van der Waals surface area contributed by atoms with Crippen LogP contribution in [0.5, 0.6) is 11.5 Å². The maximum absolute atomic E-state index is 13.2. The van der Waals surface area contributed by atoms with E-state index in [1.165, 1.54) is 11.1 Å². The van der Waals surface area contributed by atoms with Crippen molar-refractivity contribution in [3.63, 3.8) is 0 Å². The third-order valence-corrected chi connectivity index (χ3v) is 5.94. The van der Waals surface area contributed by atoms with E-state index >= 15 is 0 Å². The minimum absolute atomic E-state index is 0.0847. The monoisotopic (exact) mass is 477 g/mol. The molecule has 27 heavy (non-hydrogen) atoms. The number of hydrogen-bond donors (Lipinski definition) is 0. The number of rotatable bonds is 5. The average molecular weight is 477 g/mol. The predicted octanol–water partition coefficient (Wildman–Crippen LogP) is 5.04. The average Bonchev–Trinajstić information content (AvgIpc) is 2.69. The fraction of sp³-hybridized carbons (Fsp3) is 0.318. The van der Waals surface area contributed by atoms with Gasteiger partial charge in [0.05, 0.1) is 26.7 Å². The van der Waals surface area contributed by atoms with Crippen molar-refractivity contribution in [3.05, 3.63) is 68.9 Å². The summed E-state index contributed by atoms with van der Waals surface area (Å²) >= 11 is 2.24. The van der Waals surface area contributed by atoms with Crippen molar-refractivity contribution >= 4 is 28.5 Å². The van der Waals surface area contributed by atoms with Gasteiger partial charge in [0.15, 0.2) is 11.5 Å². The van der Waals surface area contributed by atoms with Crippen LogP contribution in [-0.4, -0.2) is 25.0 Å². The Hall–Kier alpha value is -2.02. The van der Waals surface area contributed by atoms with Gasteiger partial charge in [-0.15, -0.1) is 0 Å². The summed E-state index contributed by atoms with van der Waals surface area (Å²) < 4.78 is 11.7. The zero-order valence-corrected chi connectivity index (χ0v) is 18.0. The van der Waals surface area contributed by atoms with Gasteiger partial charge in [0, 0.05) is 9.77 Å². The first-order valence-electron chi connectivity index (χ1n) is 8.99. The second-order valence-electron chi connectivity index (χ2n) is 6.61. The van der Waals surface area contributed by atoms with Crippen LogP contribution in [0.15, 0.2) is 48.7 Å². The Morgan fingerprint density at radius 3 is 2.59 bits per heavy atom. The van der Waals surface area contributed by atoms with E-state index in [0.29, 0.717) is 17.9 Å². The van der Waals surface area contributed by atoms with Crippen LogP contribution in [0.25, 0.3) is 0 Å². The van der Waals surface area contributed by atoms with E-state index in [0.717, 1.165) is 22.0 Å². The molecule has 3 rings (SSSR count). The van der Waals surface area contributed by atoms with Gasteiger partial charge in [-0.1, -0.05) is 30.3 Å². The highest BCUT2D eigenvalue weighted by molar-refractivity contribution is 14.1. The first kappa shape index (κ1) is 19.7. The number of carbonyl (C=O) groups excluding carboxylic acids is 1. The fourth-order valence-electron chi connectivity index (χ4n) is 3.49. The van der Waals surface area contributed by atoms with Gasteiger partial charge < -0.3 is 14.4 Å². The molecule has 1 atom stereocenters. The summed E-state index contributed by atoms with van der Waals surface area (Å²) in [6.45, 7) is 2.10. The Bertz CT molecular complexity index is 863. The number of methoxy groups -OCH3 is 2. The Morgan fingerprint density at radius 2 is 1.89 bits per heavy atom. The molecule has 2 aromatic rings. The quantitative estimate of drug-likeness (QED) is 0.567. The lowest BCUT2D eigenvalue weighted by Crippen LogP contribution is -2.33. The number of benzene rings is 2. The van der Waals surface area contributed by atoms with Crippen molar-refractivity contribution in [2.24, 2.45) is 0 Å². The van der Waals surface area contributed by atoms with E-state index in [1.807, 2.05) is 35.4 Å². The molecule has 2 aromatic carbocycles.